The van der Waals surface area contributed by atoms with Gasteiger partial charge in [-0.1, -0.05) is 0 Å². The molecule has 0 N–H and O–H groups in total. The molecule has 0 unspecified atom stereocenters. The highest BCUT2D eigenvalue weighted by Crippen LogP contribution is 2.29. The second kappa shape index (κ2) is 5.30. The summed E-state index contributed by atoms with van der Waals surface area (Å²) in [5, 5.41) is 0.991. The number of likely N-dealkylation sites (N-methyl/N-ethyl adjacent to an activating group) is 1. The molecule has 2 heterocycles. The molecule has 0 amide bonds. The van der Waals surface area contributed by atoms with Crippen LogP contribution in [0.25, 0.3) is 10.2 Å². The number of ether oxygens (including phenoxy) is 1. The zero-order valence-electron chi connectivity index (χ0n) is 10.6. The fraction of sp³-hybridized carbons (Fsp3) is 0.417. The van der Waals surface area contributed by atoms with Crippen LogP contribution in [0.5, 0.6) is 0 Å². The lowest BCUT2D eigenvalue weighted by Crippen LogP contribution is -2.31. The number of aryl methyl sites for hydroxylation is 1. The summed E-state index contributed by atoms with van der Waals surface area (Å²) >= 11 is 1.62. The maximum Gasteiger partial charge on any atom is 0.325 e. The Kier molecular flexibility index (Phi) is 3.76. The molecule has 0 aliphatic carbocycles. The van der Waals surface area contributed by atoms with Crippen LogP contribution in [0.3, 0.4) is 0 Å². The zero-order chi connectivity index (χ0) is 13.1. The number of fused-ring (bicyclic) bond motifs is 1. The number of rotatable bonds is 4. The van der Waals surface area contributed by atoms with Gasteiger partial charge >= 0.3 is 5.97 Å². The van der Waals surface area contributed by atoms with Gasteiger partial charge in [0.25, 0.3) is 0 Å². The predicted octanol–water partition coefficient (Wildman–Crippen LogP) is 2.00. The normalized spacial score (nSPS) is 10.6. The topological polar surface area (TPSA) is 55.3 Å². The Morgan fingerprint density at radius 3 is 2.94 bits per heavy atom. The van der Waals surface area contributed by atoms with Gasteiger partial charge in [-0.15, -0.1) is 11.3 Å². The molecule has 0 spiro atoms. The average molecular weight is 265 g/mol. The van der Waals surface area contributed by atoms with Crippen LogP contribution < -0.4 is 4.90 Å². The lowest BCUT2D eigenvalue weighted by Gasteiger charge is -2.20. The monoisotopic (exact) mass is 265 g/mol. The maximum atomic E-state index is 11.4. The number of esters is 1. The number of hydrogen-bond acceptors (Lipinski definition) is 6. The molecule has 0 aliphatic heterocycles. The average Bonchev–Trinajstić information content (AvgIpc) is 2.75. The van der Waals surface area contributed by atoms with Crippen LogP contribution >= 0.6 is 11.3 Å². The van der Waals surface area contributed by atoms with Crippen molar-refractivity contribution in [2.75, 3.05) is 25.1 Å². The van der Waals surface area contributed by atoms with E-state index < -0.39 is 0 Å². The second-order valence-electron chi connectivity index (χ2n) is 3.86. The third-order valence-corrected chi connectivity index (χ3v) is 3.62. The first-order valence-corrected chi connectivity index (χ1v) is 6.50. The number of thiophene rings is 1. The van der Waals surface area contributed by atoms with E-state index in [-0.39, 0.29) is 12.5 Å². The fourth-order valence-electron chi connectivity index (χ4n) is 1.77. The molecule has 5 nitrogen and oxygen atoms in total. The third kappa shape index (κ3) is 2.43. The molecule has 6 heteroatoms. The highest BCUT2D eigenvalue weighted by atomic mass is 32.1. The molecule has 18 heavy (non-hydrogen) atoms. The summed E-state index contributed by atoms with van der Waals surface area (Å²) < 4.78 is 4.70. The number of carbonyl (C=O) groups is 1. The van der Waals surface area contributed by atoms with Crippen molar-refractivity contribution in [1.29, 1.82) is 0 Å². The van der Waals surface area contributed by atoms with E-state index in [9.17, 15) is 4.79 Å². The maximum absolute atomic E-state index is 11.4. The molecule has 0 radical (unpaired) electrons. The standard InChI is InChI=1S/C12H15N3O2S/c1-4-15(6-10(16)17-3)11-9-5-8(2)18-12(9)14-7-13-11/h5,7H,4,6H2,1-3H3. The summed E-state index contributed by atoms with van der Waals surface area (Å²) in [6.07, 6.45) is 1.54. The molecule has 2 aromatic rings. The predicted molar refractivity (Wildman–Crippen MR) is 72.1 cm³/mol. The zero-order valence-corrected chi connectivity index (χ0v) is 11.5. The molecule has 0 aliphatic rings. The summed E-state index contributed by atoms with van der Waals surface area (Å²) in [4.78, 5) is 23.9. The van der Waals surface area contributed by atoms with Gasteiger partial charge in [0.05, 0.1) is 12.5 Å². The van der Waals surface area contributed by atoms with Crippen molar-refractivity contribution in [3.8, 4) is 0 Å². The smallest absolute Gasteiger partial charge is 0.325 e. The molecular formula is C12H15N3O2S. The van der Waals surface area contributed by atoms with E-state index in [0.29, 0.717) is 6.54 Å². The van der Waals surface area contributed by atoms with Crippen LogP contribution in [0.2, 0.25) is 0 Å². The van der Waals surface area contributed by atoms with Gasteiger partial charge in [0.1, 0.15) is 23.5 Å². The first kappa shape index (κ1) is 12.8. The Morgan fingerprint density at radius 1 is 1.50 bits per heavy atom. The molecule has 2 aromatic heterocycles. The lowest BCUT2D eigenvalue weighted by atomic mass is 10.3. The van der Waals surface area contributed by atoms with Gasteiger partial charge in [-0.3, -0.25) is 4.79 Å². The Bertz CT molecular complexity index is 567. The van der Waals surface area contributed by atoms with Gasteiger partial charge in [-0.05, 0) is 19.9 Å². The van der Waals surface area contributed by atoms with E-state index in [4.69, 9.17) is 4.74 Å². The summed E-state index contributed by atoms with van der Waals surface area (Å²) in [7, 11) is 1.39. The van der Waals surface area contributed by atoms with E-state index in [2.05, 4.69) is 16.0 Å². The van der Waals surface area contributed by atoms with Gasteiger partial charge in [0.2, 0.25) is 0 Å². The highest BCUT2D eigenvalue weighted by molar-refractivity contribution is 7.18. The van der Waals surface area contributed by atoms with Crippen LogP contribution in [0.15, 0.2) is 12.4 Å². The van der Waals surface area contributed by atoms with Crippen LogP contribution in [-0.4, -0.2) is 36.1 Å². The number of hydrogen-bond donors (Lipinski definition) is 0. The van der Waals surface area contributed by atoms with Gasteiger partial charge in [0, 0.05) is 11.4 Å². The number of aromatic nitrogens is 2. The highest BCUT2D eigenvalue weighted by Gasteiger charge is 2.15. The number of nitrogens with zero attached hydrogens (tertiary/aromatic N) is 3. The van der Waals surface area contributed by atoms with Crippen molar-refractivity contribution in [3.63, 3.8) is 0 Å². The summed E-state index contributed by atoms with van der Waals surface area (Å²) in [6, 6.07) is 2.05. The minimum Gasteiger partial charge on any atom is -0.468 e. The molecule has 0 bridgehead atoms. The van der Waals surface area contributed by atoms with E-state index >= 15 is 0 Å². The molecule has 0 atom stereocenters. The molecule has 0 saturated heterocycles. The van der Waals surface area contributed by atoms with Crippen molar-refractivity contribution in [3.05, 3.63) is 17.3 Å². The molecule has 0 saturated carbocycles. The minimum atomic E-state index is -0.268. The Balaban J connectivity index is 2.41. The Labute approximate surface area is 109 Å². The van der Waals surface area contributed by atoms with Crippen LogP contribution in [0, 0.1) is 6.92 Å². The molecule has 96 valence electrons. The van der Waals surface area contributed by atoms with Crippen molar-refractivity contribution in [1.82, 2.24) is 9.97 Å². The Morgan fingerprint density at radius 2 is 2.28 bits per heavy atom. The summed E-state index contributed by atoms with van der Waals surface area (Å²) in [6.45, 7) is 4.91. The van der Waals surface area contributed by atoms with E-state index in [1.54, 1.807) is 11.3 Å². The minimum absolute atomic E-state index is 0.202. The SMILES string of the molecule is CCN(CC(=O)OC)c1ncnc2sc(C)cc12. The lowest BCUT2D eigenvalue weighted by molar-refractivity contribution is -0.138. The Hall–Kier alpha value is -1.69. The van der Waals surface area contributed by atoms with Crippen molar-refractivity contribution >= 4 is 33.3 Å². The fourth-order valence-corrected chi connectivity index (χ4v) is 2.61. The van der Waals surface area contributed by atoms with Crippen LogP contribution in [0.4, 0.5) is 5.82 Å². The number of carbonyl (C=O) groups excluding carboxylic acids is 1. The van der Waals surface area contributed by atoms with E-state index in [1.165, 1.54) is 18.3 Å². The molecule has 0 aromatic carbocycles. The van der Waals surface area contributed by atoms with E-state index in [1.807, 2.05) is 18.7 Å². The number of methoxy groups -OCH3 is 1. The first-order valence-electron chi connectivity index (χ1n) is 5.68. The van der Waals surface area contributed by atoms with Crippen LogP contribution in [-0.2, 0) is 9.53 Å². The van der Waals surface area contributed by atoms with Gasteiger partial charge in [0.15, 0.2) is 0 Å². The van der Waals surface area contributed by atoms with E-state index in [0.717, 1.165) is 16.0 Å². The molecule has 0 fully saturated rings. The molecular weight excluding hydrogens is 250 g/mol. The largest absolute Gasteiger partial charge is 0.468 e. The summed E-state index contributed by atoms with van der Waals surface area (Å²) in [5.74, 6) is 0.521. The quantitative estimate of drug-likeness (QED) is 0.791. The van der Waals surface area contributed by atoms with Gasteiger partial charge < -0.3 is 9.64 Å². The van der Waals surface area contributed by atoms with Crippen molar-refractivity contribution < 1.29 is 9.53 Å². The second-order valence-corrected chi connectivity index (χ2v) is 5.10. The van der Waals surface area contributed by atoms with Crippen molar-refractivity contribution in [2.24, 2.45) is 0 Å². The van der Waals surface area contributed by atoms with Crippen molar-refractivity contribution in [2.45, 2.75) is 13.8 Å². The number of anilines is 1. The van der Waals surface area contributed by atoms with Gasteiger partial charge in [-0.25, -0.2) is 9.97 Å². The van der Waals surface area contributed by atoms with Crippen LogP contribution in [0.1, 0.15) is 11.8 Å². The first-order chi connectivity index (χ1) is 8.65. The third-order valence-electron chi connectivity index (χ3n) is 2.66. The summed E-state index contributed by atoms with van der Waals surface area (Å²) in [5.41, 5.74) is 0. The van der Waals surface area contributed by atoms with Gasteiger partial charge in [-0.2, -0.15) is 0 Å². The molecule has 2 rings (SSSR count).